The number of aliphatic hydroxyl groups excluding tert-OH is 2. The third kappa shape index (κ3) is 61.6. The normalized spacial score (nSPS) is 12.6. The van der Waals surface area contributed by atoms with Gasteiger partial charge in [-0.05, 0) is 57.8 Å². The van der Waals surface area contributed by atoms with Crippen molar-refractivity contribution in [1.29, 1.82) is 0 Å². The zero-order valence-electron chi connectivity index (χ0n) is 51.5. The minimum Gasteiger partial charge on any atom is -0.466 e. The van der Waals surface area contributed by atoms with E-state index in [0.29, 0.717) is 25.9 Å². The molecule has 0 bridgehead atoms. The third-order valence-electron chi connectivity index (χ3n) is 16.3. The number of unbranched alkanes of at least 4 members (excludes halogenated alkanes) is 50. The molecule has 0 saturated carbocycles. The van der Waals surface area contributed by atoms with E-state index in [1.165, 1.54) is 302 Å². The van der Waals surface area contributed by atoms with Crippen molar-refractivity contribution in [3.8, 4) is 0 Å². The second-order valence-electron chi connectivity index (χ2n) is 23.9. The Morgan fingerprint density at radius 1 is 0.368 bits per heavy atom. The highest BCUT2D eigenvalue weighted by molar-refractivity contribution is 5.76. The summed E-state index contributed by atoms with van der Waals surface area (Å²) >= 11 is 0. The zero-order chi connectivity index (χ0) is 55.0. The van der Waals surface area contributed by atoms with Crippen LogP contribution in [-0.4, -0.2) is 47.4 Å². The molecule has 6 heteroatoms. The molecule has 0 spiro atoms. The Labute approximate surface area is 475 Å². The number of hydrogen-bond acceptors (Lipinski definition) is 5. The number of hydrogen-bond donors (Lipinski definition) is 3. The van der Waals surface area contributed by atoms with Crippen molar-refractivity contribution in [2.75, 3.05) is 13.2 Å². The van der Waals surface area contributed by atoms with E-state index < -0.39 is 12.1 Å². The monoisotopic (exact) mass is 1070 g/mol. The van der Waals surface area contributed by atoms with Crippen molar-refractivity contribution < 1.29 is 24.5 Å². The number of carbonyl (C=O) groups is 2. The molecular weight excluding hydrogens is 935 g/mol. The standard InChI is InChI=1S/C70H135NO5/c1-3-5-7-9-11-13-15-17-19-21-32-36-40-44-48-52-56-60-64-70(75)76-65-61-57-53-49-45-41-37-33-30-28-26-24-22-23-25-27-29-31-35-39-43-47-51-55-59-63-69(74)71-67(66-72)68(73)62-58-54-50-46-42-38-34-20-18-16-14-12-10-8-6-4-2/h13,15,19,21,67-68,72-73H,3-12,14,16-18,20,22-66H2,1-2H3,(H,71,74)/b15-13-,21-19-. The van der Waals surface area contributed by atoms with Gasteiger partial charge in [-0.2, -0.15) is 0 Å². The van der Waals surface area contributed by atoms with Crippen LogP contribution in [0, 0.1) is 0 Å². The lowest BCUT2D eigenvalue weighted by atomic mass is 10.0. The van der Waals surface area contributed by atoms with Crippen LogP contribution in [0.3, 0.4) is 0 Å². The number of rotatable bonds is 65. The predicted molar refractivity (Wildman–Crippen MR) is 333 cm³/mol. The van der Waals surface area contributed by atoms with Gasteiger partial charge in [0.2, 0.25) is 5.91 Å². The molecule has 3 N–H and O–H groups in total. The summed E-state index contributed by atoms with van der Waals surface area (Å²) in [7, 11) is 0. The molecule has 0 saturated heterocycles. The highest BCUT2D eigenvalue weighted by Crippen LogP contribution is 2.19. The average Bonchev–Trinajstić information content (AvgIpc) is 3.42. The molecule has 6 nitrogen and oxygen atoms in total. The third-order valence-corrected chi connectivity index (χ3v) is 16.3. The molecule has 0 aliphatic rings. The summed E-state index contributed by atoms with van der Waals surface area (Å²) in [5.74, 6) is -0.0204. The second kappa shape index (κ2) is 65.9. The molecule has 0 aromatic carbocycles. The highest BCUT2D eigenvalue weighted by Gasteiger charge is 2.20. The number of nitrogens with one attached hydrogen (secondary N) is 1. The lowest BCUT2D eigenvalue weighted by Gasteiger charge is -2.22. The summed E-state index contributed by atoms with van der Waals surface area (Å²) in [4.78, 5) is 24.6. The molecule has 0 radical (unpaired) electrons. The summed E-state index contributed by atoms with van der Waals surface area (Å²) in [5.41, 5.74) is 0. The largest absolute Gasteiger partial charge is 0.466 e. The van der Waals surface area contributed by atoms with Crippen LogP contribution < -0.4 is 5.32 Å². The summed E-state index contributed by atoms with van der Waals surface area (Å²) in [5, 5.41) is 23.3. The number of esters is 1. The fourth-order valence-electron chi connectivity index (χ4n) is 11.0. The quantitative estimate of drug-likeness (QED) is 0.0320. The summed E-state index contributed by atoms with van der Waals surface area (Å²) in [6.07, 6.45) is 82.1. The van der Waals surface area contributed by atoms with Gasteiger partial charge in [0.15, 0.2) is 0 Å². The molecule has 1 amide bonds. The molecule has 450 valence electrons. The topological polar surface area (TPSA) is 95.9 Å². The number of aliphatic hydroxyl groups is 2. The van der Waals surface area contributed by atoms with Crippen molar-refractivity contribution in [3.05, 3.63) is 24.3 Å². The zero-order valence-corrected chi connectivity index (χ0v) is 51.5. The maximum Gasteiger partial charge on any atom is 0.305 e. The van der Waals surface area contributed by atoms with Crippen molar-refractivity contribution in [1.82, 2.24) is 5.32 Å². The Morgan fingerprint density at radius 2 is 0.658 bits per heavy atom. The van der Waals surface area contributed by atoms with E-state index in [0.717, 1.165) is 51.4 Å². The molecule has 0 aliphatic carbocycles. The fraction of sp³-hybridized carbons (Fsp3) is 0.914. The Morgan fingerprint density at radius 3 is 1.01 bits per heavy atom. The van der Waals surface area contributed by atoms with Crippen LogP contribution >= 0.6 is 0 Å². The Kier molecular flexibility index (Phi) is 64.4. The minimum absolute atomic E-state index is 0.00982. The molecule has 0 rings (SSSR count). The van der Waals surface area contributed by atoms with Crippen molar-refractivity contribution in [3.63, 3.8) is 0 Å². The average molecular weight is 1070 g/mol. The van der Waals surface area contributed by atoms with Gasteiger partial charge in [0.25, 0.3) is 0 Å². The van der Waals surface area contributed by atoms with Crippen molar-refractivity contribution in [2.24, 2.45) is 0 Å². The first-order chi connectivity index (χ1) is 37.5. The molecule has 0 fully saturated rings. The van der Waals surface area contributed by atoms with E-state index >= 15 is 0 Å². The van der Waals surface area contributed by atoms with Crippen LogP contribution in [0.1, 0.15) is 386 Å². The second-order valence-corrected chi connectivity index (χ2v) is 23.9. The molecule has 2 unspecified atom stereocenters. The van der Waals surface area contributed by atoms with Gasteiger partial charge in [0.1, 0.15) is 0 Å². The molecule has 76 heavy (non-hydrogen) atoms. The van der Waals surface area contributed by atoms with Gasteiger partial charge in [-0.25, -0.2) is 0 Å². The van der Waals surface area contributed by atoms with Crippen LogP contribution in [0.25, 0.3) is 0 Å². The molecule has 0 aromatic rings. The van der Waals surface area contributed by atoms with Crippen LogP contribution in [0.15, 0.2) is 24.3 Å². The number of ether oxygens (including phenoxy) is 1. The van der Waals surface area contributed by atoms with Gasteiger partial charge in [-0.1, -0.05) is 340 Å². The van der Waals surface area contributed by atoms with Gasteiger partial charge in [0.05, 0.1) is 25.4 Å². The smallest absolute Gasteiger partial charge is 0.305 e. The summed E-state index contributed by atoms with van der Waals surface area (Å²) < 4.78 is 5.50. The summed E-state index contributed by atoms with van der Waals surface area (Å²) in [6, 6.07) is -0.540. The Balaban J connectivity index is 3.35. The number of amides is 1. The van der Waals surface area contributed by atoms with E-state index in [1.54, 1.807) is 0 Å². The SMILES string of the molecule is CCCCCC/C=C\C/C=C\CCCCCCCCCC(=O)OCCCCCCCCCCCCCCCCCCCCCCCCCCCC(=O)NC(CO)C(O)CCCCCCCCCCCCCCCCCC. The van der Waals surface area contributed by atoms with Gasteiger partial charge in [-0.15, -0.1) is 0 Å². The van der Waals surface area contributed by atoms with E-state index in [2.05, 4.69) is 43.5 Å². The van der Waals surface area contributed by atoms with E-state index in [4.69, 9.17) is 4.74 Å². The predicted octanol–water partition coefficient (Wildman–Crippen LogP) is 22.1. The first-order valence-electron chi connectivity index (χ1n) is 34.6. The molecular formula is C70H135NO5. The van der Waals surface area contributed by atoms with E-state index in [-0.39, 0.29) is 18.5 Å². The van der Waals surface area contributed by atoms with Gasteiger partial charge >= 0.3 is 5.97 Å². The van der Waals surface area contributed by atoms with Crippen molar-refractivity contribution >= 4 is 11.9 Å². The molecule has 0 aliphatic heterocycles. The van der Waals surface area contributed by atoms with Gasteiger partial charge in [-0.3, -0.25) is 9.59 Å². The van der Waals surface area contributed by atoms with Crippen LogP contribution in [0.2, 0.25) is 0 Å². The summed E-state index contributed by atoms with van der Waals surface area (Å²) in [6.45, 7) is 4.97. The Hall–Kier alpha value is -1.66. The molecule has 0 heterocycles. The lowest BCUT2D eigenvalue weighted by molar-refractivity contribution is -0.143. The fourth-order valence-corrected chi connectivity index (χ4v) is 11.0. The van der Waals surface area contributed by atoms with Crippen LogP contribution in [0.4, 0.5) is 0 Å². The lowest BCUT2D eigenvalue weighted by Crippen LogP contribution is -2.45. The maximum atomic E-state index is 12.5. The first-order valence-corrected chi connectivity index (χ1v) is 34.6. The molecule has 2 atom stereocenters. The first kappa shape index (κ1) is 74.3. The minimum atomic E-state index is -0.663. The highest BCUT2D eigenvalue weighted by atomic mass is 16.5. The van der Waals surface area contributed by atoms with Gasteiger partial charge < -0.3 is 20.3 Å². The van der Waals surface area contributed by atoms with Crippen LogP contribution in [0.5, 0.6) is 0 Å². The Bertz CT molecular complexity index is 1190. The van der Waals surface area contributed by atoms with Crippen molar-refractivity contribution in [2.45, 2.75) is 398 Å². The van der Waals surface area contributed by atoms with Gasteiger partial charge in [0, 0.05) is 12.8 Å². The maximum absolute atomic E-state index is 12.5. The van der Waals surface area contributed by atoms with E-state index in [9.17, 15) is 19.8 Å². The van der Waals surface area contributed by atoms with E-state index in [1.807, 2.05) is 0 Å². The van der Waals surface area contributed by atoms with Crippen LogP contribution in [-0.2, 0) is 14.3 Å². The number of allylic oxidation sites excluding steroid dienone is 4. The molecule has 0 aromatic heterocycles. The number of carbonyl (C=O) groups excluding carboxylic acids is 2.